The van der Waals surface area contributed by atoms with Crippen LogP contribution in [-0.2, 0) is 0 Å². The molecule has 1 aromatic rings. The van der Waals surface area contributed by atoms with Gasteiger partial charge in [-0.25, -0.2) is 0 Å². The fourth-order valence-corrected chi connectivity index (χ4v) is 3.10. The molecule has 0 heterocycles. The van der Waals surface area contributed by atoms with Crippen LogP contribution in [-0.4, -0.2) is 23.0 Å². The van der Waals surface area contributed by atoms with E-state index in [0.29, 0.717) is 5.92 Å². The Kier molecular flexibility index (Phi) is 3.57. The lowest BCUT2D eigenvalue weighted by molar-refractivity contribution is 0.194. The van der Waals surface area contributed by atoms with Gasteiger partial charge in [-0.3, -0.25) is 0 Å². The van der Waals surface area contributed by atoms with Crippen LogP contribution in [0.3, 0.4) is 0 Å². The quantitative estimate of drug-likeness (QED) is 0.772. The maximum atomic E-state index is 9.40. The fourth-order valence-electron chi connectivity index (χ4n) is 1.88. The van der Waals surface area contributed by atoms with Crippen molar-refractivity contribution in [2.75, 3.05) is 12.4 Å². The Morgan fingerprint density at radius 2 is 2.12 bits per heavy atom. The first kappa shape index (κ1) is 12.0. The summed E-state index contributed by atoms with van der Waals surface area (Å²) in [7, 11) is 0. The highest BCUT2D eigenvalue weighted by atomic mass is 32.2. The van der Waals surface area contributed by atoms with Gasteiger partial charge in [0, 0.05) is 10.6 Å². The van der Waals surface area contributed by atoms with Crippen molar-refractivity contribution in [2.45, 2.75) is 30.2 Å². The van der Waals surface area contributed by atoms with E-state index in [-0.39, 0.29) is 12.1 Å². The highest BCUT2D eigenvalue weighted by molar-refractivity contribution is 7.99. The van der Waals surface area contributed by atoms with Gasteiger partial charge in [-0.1, -0.05) is 18.2 Å². The van der Waals surface area contributed by atoms with Gasteiger partial charge in [-0.2, -0.15) is 0 Å². The third-order valence-electron chi connectivity index (χ3n) is 3.27. The number of aliphatic hydroxyl groups excluding tert-OH is 1. The zero-order valence-corrected chi connectivity index (χ0v) is 10.5. The average molecular weight is 237 g/mol. The van der Waals surface area contributed by atoms with Crippen molar-refractivity contribution in [3.63, 3.8) is 0 Å². The molecule has 0 radical (unpaired) electrons. The van der Waals surface area contributed by atoms with Gasteiger partial charge in [0.25, 0.3) is 0 Å². The summed E-state index contributed by atoms with van der Waals surface area (Å²) in [5.74, 6) is 1.33. The summed E-state index contributed by atoms with van der Waals surface area (Å²) < 4.78 is 0. The van der Waals surface area contributed by atoms with Gasteiger partial charge in [0.05, 0.1) is 12.1 Å². The second kappa shape index (κ2) is 4.78. The smallest absolute Gasteiger partial charge is 0.0622 e. The van der Waals surface area contributed by atoms with Crippen molar-refractivity contribution < 1.29 is 5.11 Å². The van der Waals surface area contributed by atoms with Crippen LogP contribution in [0.5, 0.6) is 0 Å². The van der Waals surface area contributed by atoms with E-state index < -0.39 is 0 Å². The molecule has 1 aromatic carbocycles. The second-order valence-corrected chi connectivity index (χ2v) is 5.74. The fraction of sp³-hybridized carbons (Fsp3) is 0.538. The van der Waals surface area contributed by atoms with Crippen molar-refractivity contribution in [2.24, 2.45) is 11.7 Å². The molecule has 2 rings (SSSR count). The lowest BCUT2D eigenvalue weighted by Gasteiger charge is -2.26. The van der Waals surface area contributed by atoms with Gasteiger partial charge in [0.2, 0.25) is 0 Å². The summed E-state index contributed by atoms with van der Waals surface area (Å²) in [5.41, 5.74) is 7.13. The number of aliphatic hydroxyl groups is 1. The number of thioether (sulfide) groups is 1. The molecule has 0 aliphatic heterocycles. The van der Waals surface area contributed by atoms with E-state index in [9.17, 15) is 5.11 Å². The Morgan fingerprint density at radius 3 is 2.69 bits per heavy atom. The topological polar surface area (TPSA) is 46.2 Å². The van der Waals surface area contributed by atoms with E-state index in [1.54, 1.807) is 11.8 Å². The Morgan fingerprint density at radius 1 is 1.44 bits per heavy atom. The first-order valence-corrected chi connectivity index (χ1v) is 6.72. The van der Waals surface area contributed by atoms with Gasteiger partial charge in [0.1, 0.15) is 0 Å². The van der Waals surface area contributed by atoms with E-state index in [1.807, 2.05) is 12.1 Å². The molecule has 3 N–H and O–H groups in total. The lowest BCUT2D eigenvalue weighted by atomic mass is 9.99. The first-order chi connectivity index (χ1) is 7.65. The molecule has 16 heavy (non-hydrogen) atoms. The van der Waals surface area contributed by atoms with Gasteiger partial charge in [0.15, 0.2) is 0 Å². The summed E-state index contributed by atoms with van der Waals surface area (Å²) in [5, 5.41) is 9.40. The zero-order valence-electron chi connectivity index (χ0n) is 9.65. The average Bonchev–Trinajstić information content (AvgIpc) is 3.12. The van der Waals surface area contributed by atoms with Gasteiger partial charge in [-0.15, -0.1) is 11.8 Å². The molecule has 2 nitrogen and oxygen atoms in total. The zero-order chi connectivity index (χ0) is 11.6. The molecular formula is C13H19NOS. The highest BCUT2D eigenvalue weighted by Crippen LogP contribution is 2.40. The largest absolute Gasteiger partial charge is 0.394 e. The Hall–Kier alpha value is -0.510. The molecule has 1 aliphatic rings. The molecule has 1 fully saturated rings. The van der Waals surface area contributed by atoms with Crippen molar-refractivity contribution in [3.05, 3.63) is 29.8 Å². The van der Waals surface area contributed by atoms with E-state index in [1.165, 1.54) is 23.3 Å². The van der Waals surface area contributed by atoms with Crippen LogP contribution in [0.15, 0.2) is 29.2 Å². The van der Waals surface area contributed by atoms with Crippen molar-refractivity contribution >= 4 is 11.8 Å². The van der Waals surface area contributed by atoms with Crippen molar-refractivity contribution in [1.29, 1.82) is 0 Å². The lowest BCUT2D eigenvalue weighted by Crippen LogP contribution is -2.48. The highest BCUT2D eigenvalue weighted by Gasteiger charge is 2.41. The van der Waals surface area contributed by atoms with E-state index in [4.69, 9.17) is 5.73 Å². The predicted molar refractivity (Wildman–Crippen MR) is 68.6 cm³/mol. The van der Waals surface area contributed by atoms with Gasteiger partial charge in [-0.05, 0) is 37.3 Å². The minimum Gasteiger partial charge on any atom is -0.394 e. The van der Waals surface area contributed by atoms with E-state index >= 15 is 0 Å². The molecule has 0 amide bonds. The predicted octanol–water partition coefficient (Wildman–Crippen LogP) is 2.19. The Balaban J connectivity index is 1.98. The maximum Gasteiger partial charge on any atom is 0.0622 e. The minimum atomic E-state index is -0.382. The van der Waals surface area contributed by atoms with Gasteiger partial charge >= 0.3 is 0 Å². The molecule has 1 saturated carbocycles. The van der Waals surface area contributed by atoms with E-state index in [2.05, 4.69) is 19.1 Å². The second-order valence-electron chi connectivity index (χ2n) is 4.72. The molecule has 3 heteroatoms. The van der Waals surface area contributed by atoms with Crippen LogP contribution in [0, 0.1) is 12.8 Å². The first-order valence-electron chi connectivity index (χ1n) is 5.74. The molecule has 1 atom stereocenters. The third kappa shape index (κ3) is 2.59. The summed E-state index contributed by atoms with van der Waals surface area (Å²) in [6.07, 6.45) is 2.34. The summed E-state index contributed by atoms with van der Waals surface area (Å²) >= 11 is 1.76. The van der Waals surface area contributed by atoms with Crippen molar-refractivity contribution in [3.8, 4) is 0 Å². The van der Waals surface area contributed by atoms with E-state index in [0.717, 1.165) is 5.75 Å². The number of benzene rings is 1. The summed E-state index contributed by atoms with van der Waals surface area (Å²) in [4.78, 5) is 1.27. The number of hydrogen-bond donors (Lipinski definition) is 2. The van der Waals surface area contributed by atoms with Crippen LogP contribution < -0.4 is 5.73 Å². The van der Waals surface area contributed by atoms with Crippen molar-refractivity contribution in [1.82, 2.24) is 0 Å². The molecule has 0 aromatic heterocycles. The molecule has 1 unspecified atom stereocenters. The number of rotatable bonds is 5. The Bertz CT molecular complexity index is 365. The normalized spacial score (nSPS) is 19.4. The monoisotopic (exact) mass is 237 g/mol. The van der Waals surface area contributed by atoms with Gasteiger partial charge < -0.3 is 10.8 Å². The third-order valence-corrected chi connectivity index (χ3v) is 4.73. The summed E-state index contributed by atoms with van der Waals surface area (Å²) in [6, 6.07) is 8.31. The molecule has 0 bridgehead atoms. The van der Waals surface area contributed by atoms with Crippen LogP contribution >= 0.6 is 11.8 Å². The minimum absolute atomic E-state index is 0.0938. The Labute approximate surface area is 101 Å². The number of nitrogens with two attached hydrogens (primary N) is 1. The number of hydrogen-bond acceptors (Lipinski definition) is 3. The molecule has 1 aliphatic carbocycles. The van der Waals surface area contributed by atoms with Crippen LogP contribution in [0.2, 0.25) is 0 Å². The molecule has 88 valence electrons. The van der Waals surface area contributed by atoms with Crippen LogP contribution in [0.1, 0.15) is 18.4 Å². The number of aryl methyl sites for hydroxylation is 1. The molecular weight excluding hydrogens is 218 g/mol. The SMILES string of the molecule is Cc1ccccc1SCC(N)(CO)C1CC1. The summed E-state index contributed by atoms with van der Waals surface area (Å²) in [6.45, 7) is 2.20. The standard InChI is InChI=1S/C13H19NOS/c1-10-4-2-3-5-12(10)16-9-13(14,8-15)11-6-7-11/h2-5,11,15H,6-9,14H2,1H3. The molecule has 0 spiro atoms. The molecule has 0 saturated heterocycles. The van der Waals surface area contributed by atoms with Crippen LogP contribution in [0.4, 0.5) is 0 Å². The maximum absolute atomic E-state index is 9.40. The van der Waals surface area contributed by atoms with Crippen LogP contribution in [0.25, 0.3) is 0 Å².